The zero-order valence-electron chi connectivity index (χ0n) is 12.9. The molecule has 0 fully saturated rings. The average Bonchev–Trinajstić information content (AvgIpc) is 2.47. The zero-order chi connectivity index (χ0) is 14.4. The summed E-state index contributed by atoms with van der Waals surface area (Å²) in [5.74, 6) is 1.62. The number of rotatable bonds is 7. The van der Waals surface area contributed by atoms with Crippen LogP contribution in [-0.2, 0) is 4.74 Å². The molecule has 1 heterocycles. The molecule has 0 amide bonds. The van der Waals surface area contributed by atoms with Crippen molar-refractivity contribution in [1.82, 2.24) is 5.32 Å². The third-order valence-electron chi connectivity index (χ3n) is 4.08. The van der Waals surface area contributed by atoms with Crippen LogP contribution in [0.25, 0.3) is 0 Å². The van der Waals surface area contributed by atoms with Crippen molar-refractivity contribution >= 4 is 0 Å². The third-order valence-corrected chi connectivity index (χ3v) is 4.08. The fourth-order valence-corrected chi connectivity index (χ4v) is 3.05. The molecular weight excluding hydrogens is 250 g/mol. The summed E-state index contributed by atoms with van der Waals surface area (Å²) in [4.78, 5) is 0. The Labute approximate surface area is 122 Å². The van der Waals surface area contributed by atoms with Gasteiger partial charge in [-0.05, 0) is 50.8 Å². The van der Waals surface area contributed by atoms with Crippen LogP contribution in [0.3, 0.4) is 0 Å². The van der Waals surface area contributed by atoms with E-state index >= 15 is 0 Å². The molecule has 0 saturated heterocycles. The maximum atomic E-state index is 5.79. The number of para-hydroxylation sites is 1. The van der Waals surface area contributed by atoms with Gasteiger partial charge in [-0.15, -0.1) is 0 Å². The van der Waals surface area contributed by atoms with Crippen molar-refractivity contribution in [2.75, 3.05) is 19.8 Å². The fourth-order valence-electron chi connectivity index (χ4n) is 3.05. The van der Waals surface area contributed by atoms with Crippen molar-refractivity contribution < 1.29 is 9.47 Å². The molecule has 3 unspecified atom stereocenters. The molecule has 1 aromatic rings. The molecule has 0 saturated carbocycles. The van der Waals surface area contributed by atoms with Gasteiger partial charge in [0.25, 0.3) is 0 Å². The van der Waals surface area contributed by atoms with Crippen LogP contribution in [-0.4, -0.2) is 31.9 Å². The summed E-state index contributed by atoms with van der Waals surface area (Å²) in [5.41, 5.74) is 1.35. The van der Waals surface area contributed by atoms with Crippen molar-refractivity contribution in [3.05, 3.63) is 29.8 Å². The van der Waals surface area contributed by atoms with Gasteiger partial charge in [0.05, 0.1) is 12.7 Å². The van der Waals surface area contributed by atoms with E-state index in [4.69, 9.17) is 9.47 Å². The van der Waals surface area contributed by atoms with Crippen molar-refractivity contribution in [3.8, 4) is 5.75 Å². The Hall–Kier alpha value is -1.06. The van der Waals surface area contributed by atoms with Gasteiger partial charge in [-0.1, -0.05) is 25.1 Å². The third kappa shape index (κ3) is 3.74. The Balaban J connectivity index is 2.07. The molecule has 3 nitrogen and oxygen atoms in total. The standard InChI is InChI=1S/C17H27NO2/c1-4-18-16(13(3)19-5-2)12-14-10-11-20-17-9-7-6-8-15(14)17/h6-9,13-14,16,18H,4-5,10-12H2,1-3H3. The lowest BCUT2D eigenvalue weighted by Crippen LogP contribution is -2.41. The van der Waals surface area contributed by atoms with Crippen LogP contribution in [0, 0.1) is 0 Å². The highest BCUT2D eigenvalue weighted by Crippen LogP contribution is 2.36. The highest BCUT2D eigenvalue weighted by atomic mass is 16.5. The van der Waals surface area contributed by atoms with Crippen molar-refractivity contribution in [3.63, 3.8) is 0 Å². The summed E-state index contributed by atoms with van der Waals surface area (Å²) in [5, 5.41) is 3.58. The molecule has 1 N–H and O–H groups in total. The van der Waals surface area contributed by atoms with E-state index in [-0.39, 0.29) is 6.10 Å². The number of fused-ring (bicyclic) bond motifs is 1. The predicted molar refractivity (Wildman–Crippen MR) is 82.5 cm³/mol. The second-order valence-corrected chi connectivity index (χ2v) is 5.43. The van der Waals surface area contributed by atoms with Crippen LogP contribution in [0.15, 0.2) is 24.3 Å². The molecule has 112 valence electrons. The van der Waals surface area contributed by atoms with Gasteiger partial charge in [-0.25, -0.2) is 0 Å². The van der Waals surface area contributed by atoms with E-state index in [1.54, 1.807) is 0 Å². The summed E-state index contributed by atoms with van der Waals surface area (Å²) in [6, 6.07) is 8.83. The summed E-state index contributed by atoms with van der Waals surface area (Å²) in [6.45, 7) is 8.96. The number of benzene rings is 1. The van der Waals surface area contributed by atoms with Crippen LogP contribution >= 0.6 is 0 Å². The largest absolute Gasteiger partial charge is 0.493 e. The second kappa shape index (κ2) is 7.65. The topological polar surface area (TPSA) is 30.5 Å². The van der Waals surface area contributed by atoms with E-state index in [1.807, 2.05) is 6.07 Å². The minimum Gasteiger partial charge on any atom is -0.493 e. The van der Waals surface area contributed by atoms with Gasteiger partial charge in [0.1, 0.15) is 5.75 Å². The van der Waals surface area contributed by atoms with Crippen LogP contribution in [0.4, 0.5) is 0 Å². The van der Waals surface area contributed by atoms with Gasteiger partial charge in [0, 0.05) is 12.6 Å². The quantitative estimate of drug-likeness (QED) is 0.829. The molecule has 3 atom stereocenters. The summed E-state index contributed by atoms with van der Waals surface area (Å²) >= 11 is 0. The van der Waals surface area contributed by atoms with E-state index < -0.39 is 0 Å². The van der Waals surface area contributed by atoms with Gasteiger partial charge >= 0.3 is 0 Å². The Morgan fingerprint density at radius 3 is 2.90 bits per heavy atom. The number of likely N-dealkylation sites (N-methyl/N-ethyl adjacent to an activating group) is 1. The van der Waals surface area contributed by atoms with Crippen molar-refractivity contribution in [2.45, 2.75) is 51.7 Å². The molecule has 3 heteroatoms. The highest BCUT2D eigenvalue weighted by molar-refractivity contribution is 5.37. The molecule has 0 aliphatic carbocycles. The Bertz CT molecular complexity index is 408. The first kappa shape index (κ1) is 15.3. The first-order valence-corrected chi connectivity index (χ1v) is 7.83. The monoisotopic (exact) mass is 277 g/mol. The van der Waals surface area contributed by atoms with Crippen LogP contribution in [0.2, 0.25) is 0 Å². The maximum Gasteiger partial charge on any atom is 0.122 e. The Morgan fingerprint density at radius 2 is 2.15 bits per heavy atom. The molecular formula is C17H27NO2. The number of hydrogen-bond acceptors (Lipinski definition) is 3. The average molecular weight is 277 g/mol. The lowest BCUT2D eigenvalue weighted by molar-refractivity contribution is 0.0423. The molecule has 1 aliphatic heterocycles. The zero-order valence-corrected chi connectivity index (χ0v) is 12.9. The van der Waals surface area contributed by atoms with Gasteiger partial charge in [0.2, 0.25) is 0 Å². The highest BCUT2D eigenvalue weighted by Gasteiger charge is 2.26. The van der Waals surface area contributed by atoms with Crippen LogP contribution in [0.1, 0.15) is 45.1 Å². The van der Waals surface area contributed by atoms with Crippen LogP contribution < -0.4 is 10.1 Å². The normalized spacial score (nSPS) is 20.9. The molecule has 0 spiro atoms. The van der Waals surface area contributed by atoms with Gasteiger partial charge < -0.3 is 14.8 Å². The molecule has 0 bridgehead atoms. The Morgan fingerprint density at radius 1 is 1.35 bits per heavy atom. The van der Waals surface area contributed by atoms with E-state index in [0.29, 0.717) is 12.0 Å². The SMILES string of the molecule is CCNC(CC1CCOc2ccccc21)C(C)OCC. The second-order valence-electron chi connectivity index (χ2n) is 5.43. The molecule has 0 radical (unpaired) electrons. The number of nitrogens with one attached hydrogen (secondary N) is 1. The van der Waals surface area contributed by atoms with E-state index in [9.17, 15) is 0 Å². The molecule has 1 aromatic carbocycles. The van der Waals surface area contributed by atoms with E-state index in [2.05, 4.69) is 44.3 Å². The van der Waals surface area contributed by atoms with E-state index in [0.717, 1.165) is 38.3 Å². The Kier molecular flexibility index (Phi) is 5.86. The first-order chi connectivity index (χ1) is 9.76. The number of hydrogen-bond donors (Lipinski definition) is 1. The predicted octanol–water partition coefficient (Wildman–Crippen LogP) is 3.35. The first-order valence-electron chi connectivity index (χ1n) is 7.83. The maximum absolute atomic E-state index is 5.79. The van der Waals surface area contributed by atoms with Crippen molar-refractivity contribution in [2.24, 2.45) is 0 Å². The van der Waals surface area contributed by atoms with Gasteiger partial charge in [-0.2, -0.15) is 0 Å². The minimum atomic E-state index is 0.245. The van der Waals surface area contributed by atoms with Crippen molar-refractivity contribution in [1.29, 1.82) is 0 Å². The minimum absolute atomic E-state index is 0.245. The summed E-state index contributed by atoms with van der Waals surface area (Å²) in [6.07, 6.45) is 2.45. The fraction of sp³-hybridized carbons (Fsp3) is 0.647. The van der Waals surface area contributed by atoms with Gasteiger partial charge in [0.15, 0.2) is 0 Å². The molecule has 20 heavy (non-hydrogen) atoms. The molecule has 2 rings (SSSR count). The smallest absolute Gasteiger partial charge is 0.122 e. The van der Waals surface area contributed by atoms with Gasteiger partial charge in [-0.3, -0.25) is 0 Å². The van der Waals surface area contributed by atoms with E-state index in [1.165, 1.54) is 5.56 Å². The lowest BCUT2D eigenvalue weighted by Gasteiger charge is -2.32. The molecule has 1 aliphatic rings. The summed E-state index contributed by atoms with van der Waals surface area (Å²) in [7, 11) is 0. The molecule has 0 aromatic heterocycles. The number of ether oxygens (including phenoxy) is 2. The van der Waals surface area contributed by atoms with Crippen LogP contribution in [0.5, 0.6) is 5.75 Å². The summed E-state index contributed by atoms with van der Waals surface area (Å²) < 4.78 is 11.5. The lowest BCUT2D eigenvalue weighted by atomic mass is 9.86.